The Morgan fingerprint density at radius 3 is 2.68 bits per heavy atom. The minimum absolute atomic E-state index is 0.195. The first kappa shape index (κ1) is 13.8. The first-order valence-electron chi connectivity index (χ1n) is 6.64. The van der Waals surface area contributed by atoms with Crippen molar-refractivity contribution in [3.8, 4) is 0 Å². The molecular formula is C12H20N4O3. The van der Waals surface area contributed by atoms with Crippen LogP contribution in [0.3, 0.4) is 0 Å². The van der Waals surface area contributed by atoms with Crippen LogP contribution in [-0.4, -0.2) is 31.7 Å². The van der Waals surface area contributed by atoms with Gasteiger partial charge in [-0.2, -0.15) is 0 Å². The number of rotatable bonds is 4. The van der Waals surface area contributed by atoms with Gasteiger partial charge in [-0.05, 0) is 22.7 Å². The Labute approximate surface area is 111 Å². The lowest BCUT2D eigenvalue weighted by Crippen LogP contribution is -2.36. The van der Waals surface area contributed by atoms with Crippen LogP contribution >= 0.6 is 0 Å². The van der Waals surface area contributed by atoms with Crippen molar-refractivity contribution in [1.29, 1.82) is 0 Å². The Bertz CT molecular complexity index is 450. The van der Waals surface area contributed by atoms with E-state index in [0.29, 0.717) is 12.4 Å². The third-order valence-electron chi connectivity index (χ3n) is 3.71. The zero-order valence-corrected chi connectivity index (χ0v) is 11.1. The molecule has 2 N–H and O–H groups in total. The van der Waals surface area contributed by atoms with E-state index in [0.717, 1.165) is 38.5 Å². The second-order valence-corrected chi connectivity index (χ2v) is 5.28. The molecule has 1 aliphatic rings. The highest BCUT2D eigenvalue weighted by molar-refractivity contribution is 5.52. The van der Waals surface area contributed by atoms with E-state index in [1.807, 2.05) is 0 Å². The zero-order chi connectivity index (χ0) is 13.9. The predicted molar refractivity (Wildman–Crippen MR) is 71.0 cm³/mol. The summed E-state index contributed by atoms with van der Waals surface area (Å²) in [5, 5.41) is 24.3. The Morgan fingerprint density at radius 2 is 2.11 bits per heavy atom. The van der Waals surface area contributed by atoms with Crippen LogP contribution < -0.4 is 5.32 Å². The first-order valence-corrected chi connectivity index (χ1v) is 6.64. The topological polar surface area (TPSA) is 93.2 Å². The summed E-state index contributed by atoms with van der Waals surface area (Å²) >= 11 is 0. The number of hydrogen-bond donors (Lipinski definition) is 2. The molecule has 0 atom stereocenters. The van der Waals surface area contributed by atoms with Crippen molar-refractivity contribution < 1.29 is 10.0 Å². The maximum atomic E-state index is 10.8. The summed E-state index contributed by atoms with van der Waals surface area (Å²) in [7, 11) is 1.69. The van der Waals surface area contributed by atoms with Crippen molar-refractivity contribution in [1.82, 2.24) is 9.55 Å². The quantitative estimate of drug-likeness (QED) is 0.493. The molecule has 1 aliphatic carbocycles. The molecule has 0 bridgehead atoms. The molecule has 0 radical (unpaired) electrons. The van der Waals surface area contributed by atoms with Crippen LogP contribution in [0.1, 0.15) is 38.5 Å². The smallest absolute Gasteiger partial charge is 0.388 e. The van der Waals surface area contributed by atoms with Crippen LogP contribution in [0.2, 0.25) is 0 Å². The van der Waals surface area contributed by atoms with Crippen molar-refractivity contribution in [2.45, 2.75) is 44.1 Å². The molecule has 0 spiro atoms. The van der Waals surface area contributed by atoms with Crippen LogP contribution in [-0.2, 0) is 7.05 Å². The van der Waals surface area contributed by atoms with Crippen molar-refractivity contribution in [3.05, 3.63) is 16.4 Å². The fourth-order valence-electron chi connectivity index (χ4n) is 2.57. The van der Waals surface area contributed by atoms with E-state index in [1.165, 1.54) is 6.33 Å². The number of aryl methyl sites for hydroxylation is 1. The molecule has 1 fully saturated rings. The predicted octanol–water partition coefficient (Wildman–Crippen LogP) is 1.83. The molecule has 1 saturated carbocycles. The molecule has 0 unspecified atom stereocenters. The maximum Gasteiger partial charge on any atom is 0.406 e. The fourth-order valence-corrected chi connectivity index (χ4v) is 2.57. The molecule has 7 heteroatoms. The average Bonchev–Trinajstić information content (AvgIpc) is 2.58. The number of nitrogens with one attached hydrogen (secondary N) is 1. The fraction of sp³-hybridized carbons (Fsp3) is 0.750. The lowest BCUT2D eigenvalue weighted by Gasteiger charge is -2.27. The minimum Gasteiger partial charge on any atom is -0.388 e. The van der Waals surface area contributed by atoms with Gasteiger partial charge in [-0.15, -0.1) is 0 Å². The van der Waals surface area contributed by atoms with Gasteiger partial charge in [0.2, 0.25) is 12.1 Å². The number of aliphatic hydroxyl groups is 1. The molecule has 0 amide bonds. The molecule has 0 aromatic carbocycles. The van der Waals surface area contributed by atoms with Crippen LogP contribution in [0.4, 0.5) is 11.6 Å². The van der Waals surface area contributed by atoms with E-state index in [9.17, 15) is 15.2 Å². The molecule has 7 nitrogen and oxygen atoms in total. The molecule has 0 saturated heterocycles. The average molecular weight is 268 g/mol. The van der Waals surface area contributed by atoms with E-state index >= 15 is 0 Å². The third-order valence-corrected chi connectivity index (χ3v) is 3.71. The van der Waals surface area contributed by atoms with Gasteiger partial charge in [-0.25, -0.2) is 0 Å². The minimum atomic E-state index is -0.769. The van der Waals surface area contributed by atoms with Crippen molar-refractivity contribution >= 4 is 11.6 Å². The van der Waals surface area contributed by atoms with Crippen LogP contribution in [0, 0.1) is 10.1 Å². The number of nitro groups is 1. The summed E-state index contributed by atoms with van der Waals surface area (Å²) in [6.45, 7) is 0.327. The largest absolute Gasteiger partial charge is 0.406 e. The summed E-state index contributed by atoms with van der Waals surface area (Å²) in [6.07, 6.45) is 7.19. The molecule has 2 rings (SSSR count). The normalized spacial score (nSPS) is 18.8. The Balaban J connectivity index is 2.05. The van der Waals surface area contributed by atoms with Crippen LogP contribution in [0.5, 0.6) is 0 Å². The third kappa shape index (κ3) is 3.23. The van der Waals surface area contributed by atoms with Gasteiger partial charge in [0.25, 0.3) is 0 Å². The zero-order valence-electron chi connectivity index (χ0n) is 11.1. The first-order chi connectivity index (χ1) is 9.02. The monoisotopic (exact) mass is 268 g/mol. The maximum absolute atomic E-state index is 10.8. The van der Waals surface area contributed by atoms with Gasteiger partial charge in [0.1, 0.15) is 0 Å². The molecule has 106 valence electrons. The highest BCUT2D eigenvalue weighted by Gasteiger charge is 2.29. The lowest BCUT2D eigenvalue weighted by atomic mass is 9.94. The van der Waals surface area contributed by atoms with Gasteiger partial charge in [0, 0.05) is 13.6 Å². The highest BCUT2D eigenvalue weighted by atomic mass is 16.6. The van der Waals surface area contributed by atoms with Gasteiger partial charge in [0.15, 0.2) is 0 Å². The van der Waals surface area contributed by atoms with Crippen LogP contribution in [0.15, 0.2) is 6.33 Å². The molecule has 1 aromatic heterocycles. The molecule has 1 aromatic rings. The summed E-state index contributed by atoms with van der Waals surface area (Å²) in [6, 6.07) is 0. The molecule has 19 heavy (non-hydrogen) atoms. The number of imidazole rings is 1. The Kier molecular flexibility index (Phi) is 4.04. The number of hydrogen-bond acceptors (Lipinski definition) is 5. The van der Waals surface area contributed by atoms with Gasteiger partial charge in [-0.1, -0.05) is 25.7 Å². The summed E-state index contributed by atoms with van der Waals surface area (Å²) in [4.78, 5) is 14.1. The van der Waals surface area contributed by atoms with Crippen molar-refractivity contribution in [2.75, 3.05) is 11.9 Å². The molecular weight excluding hydrogens is 248 g/mol. The van der Waals surface area contributed by atoms with Crippen molar-refractivity contribution in [2.24, 2.45) is 7.05 Å². The number of nitrogens with zero attached hydrogens (tertiary/aromatic N) is 3. The Morgan fingerprint density at radius 1 is 1.47 bits per heavy atom. The molecule has 0 aliphatic heterocycles. The molecule has 1 heterocycles. The van der Waals surface area contributed by atoms with Gasteiger partial charge < -0.3 is 20.5 Å². The van der Waals surface area contributed by atoms with Crippen molar-refractivity contribution in [3.63, 3.8) is 0 Å². The summed E-state index contributed by atoms with van der Waals surface area (Å²) in [5.41, 5.74) is -0.769. The Hall–Kier alpha value is -1.63. The van der Waals surface area contributed by atoms with E-state index in [4.69, 9.17) is 0 Å². The lowest BCUT2D eigenvalue weighted by molar-refractivity contribution is -0.388. The van der Waals surface area contributed by atoms with E-state index < -0.39 is 10.5 Å². The number of anilines is 1. The summed E-state index contributed by atoms with van der Waals surface area (Å²) < 4.78 is 1.57. The van der Waals surface area contributed by atoms with Gasteiger partial charge in [-0.3, -0.25) is 4.57 Å². The second-order valence-electron chi connectivity index (χ2n) is 5.28. The highest BCUT2D eigenvalue weighted by Crippen LogP contribution is 2.28. The second kappa shape index (κ2) is 5.56. The van der Waals surface area contributed by atoms with E-state index in [-0.39, 0.29) is 5.82 Å². The van der Waals surface area contributed by atoms with Gasteiger partial charge >= 0.3 is 5.82 Å². The standard InChI is InChI=1S/C12H20N4O3/c1-15-9-14-11(16(18)19)10(15)13-8-12(17)6-4-2-3-5-7-12/h9,13,17H,2-8H2,1H3. The van der Waals surface area contributed by atoms with Crippen LogP contribution in [0.25, 0.3) is 0 Å². The summed E-state index contributed by atoms with van der Waals surface area (Å²) in [5.74, 6) is 0.155. The van der Waals surface area contributed by atoms with E-state index in [2.05, 4.69) is 10.3 Å². The number of aromatic nitrogens is 2. The van der Waals surface area contributed by atoms with Gasteiger partial charge in [0.05, 0.1) is 5.60 Å². The SMILES string of the molecule is Cn1cnc([N+](=O)[O-])c1NCC1(O)CCCCCC1. The van der Waals surface area contributed by atoms with E-state index in [1.54, 1.807) is 11.6 Å².